The van der Waals surface area contributed by atoms with Crippen LogP contribution in [0.1, 0.15) is 82.0 Å². The number of halogens is 1. The minimum absolute atomic E-state index is 0.0284. The lowest BCUT2D eigenvalue weighted by Crippen LogP contribution is -2.50. The Labute approximate surface area is 255 Å². The average Bonchev–Trinajstić information content (AvgIpc) is 3.83. The number of aromatic nitrogens is 1. The van der Waals surface area contributed by atoms with Gasteiger partial charge in [0.15, 0.2) is 6.29 Å². The second-order valence-electron chi connectivity index (χ2n) is 12.3. The molecule has 0 amide bonds. The molecule has 1 aromatic carbocycles. The lowest BCUT2D eigenvalue weighted by atomic mass is 9.93. The molecule has 0 bridgehead atoms. The summed E-state index contributed by atoms with van der Waals surface area (Å²) in [7, 11) is 0. The number of likely N-dealkylation sites (tertiary alicyclic amines) is 2. The minimum Gasteiger partial charge on any atom is -0.506 e. The molecule has 234 valence electrons. The number of ketones is 1. The number of pyridine rings is 1. The standard InChI is InChI=1S/C20H31FN2.C14H17N3O3/c1-3-18-6-4-5-11-23(18)19-9-12-22(13-10-19)15-17-8-7-16(2)14-20(17)21;1-8-12(19)5-11(6-15-8)17-14(13(20)7-18)9(2)16-10-3-4-10/h7-8,14,18-19H,3-6,9-13,15H2,1-2H3;5-7,10,16-17,19H,3-4H2,1-2H3/b;14-9-. The summed E-state index contributed by atoms with van der Waals surface area (Å²) in [4.78, 5) is 31.7. The highest BCUT2D eigenvalue weighted by atomic mass is 19.1. The maximum Gasteiger partial charge on any atom is 0.243 e. The van der Waals surface area contributed by atoms with E-state index in [4.69, 9.17) is 0 Å². The smallest absolute Gasteiger partial charge is 0.243 e. The number of nitrogens with one attached hydrogen (secondary N) is 2. The van der Waals surface area contributed by atoms with Crippen LogP contribution >= 0.6 is 0 Å². The highest BCUT2D eigenvalue weighted by Gasteiger charge is 2.30. The largest absolute Gasteiger partial charge is 0.506 e. The number of anilines is 1. The highest BCUT2D eigenvalue weighted by molar-refractivity contribution is 6.34. The first kappa shape index (κ1) is 32.6. The lowest BCUT2D eigenvalue weighted by molar-refractivity contribution is -0.127. The van der Waals surface area contributed by atoms with Gasteiger partial charge in [0.1, 0.15) is 17.3 Å². The molecule has 3 N–H and O–H groups in total. The molecule has 1 unspecified atom stereocenters. The van der Waals surface area contributed by atoms with Gasteiger partial charge in [0, 0.05) is 42.0 Å². The first-order valence-electron chi connectivity index (χ1n) is 15.8. The van der Waals surface area contributed by atoms with Gasteiger partial charge in [-0.05, 0) is 97.0 Å². The topological polar surface area (TPSA) is 97.8 Å². The van der Waals surface area contributed by atoms with Crippen molar-refractivity contribution in [3.05, 3.63) is 64.5 Å². The maximum absolute atomic E-state index is 14.0. The van der Waals surface area contributed by atoms with Crippen molar-refractivity contribution in [2.24, 2.45) is 0 Å². The van der Waals surface area contributed by atoms with Gasteiger partial charge in [-0.15, -0.1) is 0 Å². The van der Waals surface area contributed by atoms with Crippen LogP contribution in [0, 0.1) is 19.7 Å². The van der Waals surface area contributed by atoms with Crippen LogP contribution < -0.4 is 10.6 Å². The predicted molar refractivity (Wildman–Crippen MR) is 168 cm³/mol. The number of rotatable bonds is 10. The molecule has 0 spiro atoms. The van der Waals surface area contributed by atoms with E-state index in [-0.39, 0.29) is 23.5 Å². The van der Waals surface area contributed by atoms with Crippen LogP contribution in [0.2, 0.25) is 0 Å². The Morgan fingerprint density at radius 2 is 1.84 bits per heavy atom. The fraction of sp³-hybridized carbons (Fsp3) is 0.559. The van der Waals surface area contributed by atoms with Gasteiger partial charge in [-0.25, -0.2) is 4.39 Å². The van der Waals surface area contributed by atoms with Crippen molar-refractivity contribution >= 4 is 17.8 Å². The third-order valence-electron chi connectivity index (χ3n) is 8.83. The number of allylic oxidation sites excluding steroid dienone is 2. The predicted octanol–water partition coefficient (Wildman–Crippen LogP) is 5.62. The fourth-order valence-electron chi connectivity index (χ4n) is 6.11. The first-order valence-corrected chi connectivity index (χ1v) is 15.8. The third kappa shape index (κ3) is 9.34. The molecule has 0 radical (unpaired) electrons. The van der Waals surface area contributed by atoms with Gasteiger partial charge in [0.05, 0.1) is 17.6 Å². The van der Waals surface area contributed by atoms with Gasteiger partial charge in [-0.1, -0.05) is 25.5 Å². The number of hydrogen-bond donors (Lipinski definition) is 3. The first-order chi connectivity index (χ1) is 20.7. The number of carbonyl (C=O) groups excluding carboxylic acids is 2. The molecule has 9 heteroatoms. The van der Waals surface area contributed by atoms with Crippen molar-refractivity contribution in [1.29, 1.82) is 0 Å². The Morgan fingerprint density at radius 3 is 2.47 bits per heavy atom. The Morgan fingerprint density at radius 1 is 1.09 bits per heavy atom. The minimum atomic E-state index is -0.643. The second kappa shape index (κ2) is 15.4. The van der Waals surface area contributed by atoms with Crippen LogP contribution in [0.5, 0.6) is 5.75 Å². The zero-order chi connectivity index (χ0) is 30.9. The maximum atomic E-state index is 14.0. The van der Waals surface area contributed by atoms with Crippen LogP contribution in [0.3, 0.4) is 0 Å². The van der Waals surface area contributed by atoms with Crippen molar-refractivity contribution in [3.8, 4) is 5.75 Å². The molecule has 1 atom stereocenters. The highest BCUT2D eigenvalue weighted by Crippen LogP contribution is 2.28. The number of nitrogens with zero attached hydrogens (tertiary/aromatic N) is 3. The van der Waals surface area contributed by atoms with E-state index in [0.717, 1.165) is 55.7 Å². The van der Waals surface area contributed by atoms with E-state index < -0.39 is 5.78 Å². The summed E-state index contributed by atoms with van der Waals surface area (Å²) in [6.45, 7) is 11.9. The molecule has 43 heavy (non-hydrogen) atoms. The average molecular weight is 594 g/mol. The third-order valence-corrected chi connectivity index (χ3v) is 8.83. The zero-order valence-corrected chi connectivity index (χ0v) is 26.2. The molecular weight excluding hydrogens is 545 g/mol. The van der Waals surface area contributed by atoms with Crippen molar-refractivity contribution in [3.63, 3.8) is 0 Å². The summed E-state index contributed by atoms with van der Waals surface area (Å²) in [6.07, 6.45) is 11.8. The van der Waals surface area contributed by atoms with E-state index in [2.05, 4.69) is 32.3 Å². The summed E-state index contributed by atoms with van der Waals surface area (Å²) in [5.41, 5.74) is 3.59. The number of carbonyl (C=O) groups is 2. The Bertz CT molecular complexity index is 1290. The molecule has 5 rings (SSSR count). The summed E-state index contributed by atoms with van der Waals surface area (Å²) >= 11 is 0. The molecule has 3 fully saturated rings. The van der Waals surface area contributed by atoms with Crippen LogP contribution in [-0.4, -0.2) is 69.7 Å². The van der Waals surface area contributed by atoms with Gasteiger partial charge in [0.2, 0.25) is 5.78 Å². The van der Waals surface area contributed by atoms with Gasteiger partial charge in [-0.3, -0.25) is 24.4 Å². The van der Waals surface area contributed by atoms with E-state index in [1.807, 2.05) is 19.1 Å². The van der Waals surface area contributed by atoms with E-state index >= 15 is 0 Å². The van der Waals surface area contributed by atoms with E-state index in [1.165, 1.54) is 57.3 Å². The quantitative estimate of drug-likeness (QED) is 0.186. The van der Waals surface area contributed by atoms with Crippen LogP contribution in [0.4, 0.5) is 10.1 Å². The SMILES string of the molecule is C/C(NC1CC1)=C(/Nc1cnc(C)c(O)c1)C(=O)C=O.CCC1CCCCN1C1CCN(Cc2ccc(C)cc2F)CC1. The number of aromatic hydroxyl groups is 1. The van der Waals surface area contributed by atoms with E-state index in [1.54, 1.807) is 19.9 Å². The molecule has 2 saturated heterocycles. The van der Waals surface area contributed by atoms with Crippen LogP contribution in [0.15, 0.2) is 41.9 Å². The van der Waals surface area contributed by atoms with Crippen molar-refractivity contribution in [2.45, 2.75) is 104 Å². The molecule has 3 heterocycles. The Hall–Kier alpha value is -3.30. The Kier molecular flexibility index (Phi) is 11.7. The molecule has 3 aliphatic rings. The molecule has 1 aliphatic carbocycles. The molecule has 1 saturated carbocycles. The number of Topliss-reactive ketones (excluding diaryl/α,β-unsaturated/α-hetero) is 1. The number of benzene rings is 1. The summed E-state index contributed by atoms with van der Waals surface area (Å²) in [5.74, 6) is -0.661. The van der Waals surface area contributed by atoms with Crippen LogP contribution in [0.25, 0.3) is 0 Å². The van der Waals surface area contributed by atoms with Gasteiger partial charge in [0.25, 0.3) is 0 Å². The Balaban J connectivity index is 0.000000199. The van der Waals surface area contributed by atoms with E-state index in [9.17, 15) is 19.1 Å². The van der Waals surface area contributed by atoms with Crippen molar-refractivity contribution in [1.82, 2.24) is 20.1 Å². The summed E-state index contributed by atoms with van der Waals surface area (Å²) in [5, 5.41) is 15.6. The monoisotopic (exact) mass is 593 g/mol. The molecule has 2 aromatic rings. The van der Waals surface area contributed by atoms with Crippen molar-refractivity contribution in [2.75, 3.05) is 25.0 Å². The van der Waals surface area contributed by atoms with Gasteiger partial charge >= 0.3 is 0 Å². The number of aldehydes is 1. The van der Waals surface area contributed by atoms with Crippen molar-refractivity contribution < 1.29 is 19.1 Å². The lowest BCUT2D eigenvalue weighted by Gasteiger charge is -2.44. The fourth-order valence-corrected chi connectivity index (χ4v) is 6.11. The van der Waals surface area contributed by atoms with Gasteiger partial charge < -0.3 is 15.7 Å². The zero-order valence-electron chi connectivity index (χ0n) is 26.2. The molecular formula is C34H48FN5O3. The van der Waals surface area contributed by atoms with Crippen LogP contribution in [-0.2, 0) is 16.1 Å². The molecule has 1 aromatic heterocycles. The second-order valence-corrected chi connectivity index (χ2v) is 12.3. The number of piperidine rings is 2. The van der Waals surface area contributed by atoms with E-state index in [0.29, 0.717) is 23.1 Å². The van der Waals surface area contributed by atoms with Gasteiger partial charge in [-0.2, -0.15) is 0 Å². The number of hydrogen-bond acceptors (Lipinski definition) is 8. The summed E-state index contributed by atoms with van der Waals surface area (Å²) in [6, 6.07) is 9.01. The molecule has 2 aliphatic heterocycles. The normalized spacial score (nSPS) is 20.4. The summed E-state index contributed by atoms with van der Waals surface area (Å²) < 4.78 is 14.0. The number of aryl methyl sites for hydroxylation is 2. The molecule has 8 nitrogen and oxygen atoms in total.